The van der Waals surface area contributed by atoms with Gasteiger partial charge in [-0.1, -0.05) is 12.8 Å². The number of carbonyl (C=O) groups excluding carboxylic acids is 1. The van der Waals surface area contributed by atoms with E-state index in [1.807, 2.05) is 0 Å². The summed E-state index contributed by atoms with van der Waals surface area (Å²) in [5.41, 5.74) is -0.351. The third-order valence-corrected chi connectivity index (χ3v) is 6.34. The van der Waals surface area contributed by atoms with E-state index in [1.54, 1.807) is 0 Å². The topological polar surface area (TPSA) is 44.4 Å². The molecule has 2 bridgehead atoms. The Morgan fingerprint density at radius 2 is 1.52 bits per heavy atom. The minimum Gasteiger partial charge on any atom is -0.335 e. The van der Waals surface area contributed by atoms with Gasteiger partial charge in [-0.3, -0.25) is 4.90 Å². The first-order chi connectivity index (χ1) is 12.9. The van der Waals surface area contributed by atoms with Crippen molar-refractivity contribution in [1.29, 1.82) is 0 Å². The Hall–Kier alpha value is -1.76. The molecular weight excluding hydrogens is 355 g/mol. The predicted molar refractivity (Wildman–Crippen MR) is 97.5 cm³/mol. The van der Waals surface area contributed by atoms with Gasteiger partial charge >= 0.3 is 12.2 Å². The maximum atomic E-state index is 12.6. The maximum absolute atomic E-state index is 12.6. The van der Waals surface area contributed by atoms with Crippen LogP contribution < -0.4 is 10.6 Å². The minimum atomic E-state index is -4.37. The largest absolute Gasteiger partial charge is 0.416 e. The van der Waals surface area contributed by atoms with Crippen molar-refractivity contribution in [1.82, 2.24) is 10.2 Å². The molecule has 4 nitrogen and oxygen atoms in total. The number of nitrogens with one attached hydrogen (secondary N) is 2. The molecule has 2 heterocycles. The Balaban J connectivity index is 1.30. The number of piperidine rings is 1. The van der Waals surface area contributed by atoms with E-state index in [9.17, 15) is 18.0 Å². The number of urea groups is 1. The van der Waals surface area contributed by atoms with Gasteiger partial charge in [0.1, 0.15) is 0 Å². The van der Waals surface area contributed by atoms with Crippen molar-refractivity contribution in [3.05, 3.63) is 29.8 Å². The molecule has 148 valence electrons. The van der Waals surface area contributed by atoms with E-state index in [4.69, 9.17) is 0 Å². The number of carbonyl (C=O) groups is 1. The van der Waals surface area contributed by atoms with Crippen LogP contribution in [0.1, 0.15) is 56.9 Å². The number of nitrogens with zero attached hydrogens (tertiary/aromatic N) is 1. The van der Waals surface area contributed by atoms with Gasteiger partial charge in [0.15, 0.2) is 0 Å². The molecule has 0 aromatic heterocycles. The fraction of sp³-hybridized carbons (Fsp3) is 0.650. The number of hydrogen-bond donors (Lipinski definition) is 2. The van der Waals surface area contributed by atoms with Crippen molar-refractivity contribution in [3.8, 4) is 0 Å². The molecule has 2 amide bonds. The van der Waals surface area contributed by atoms with E-state index in [1.165, 1.54) is 50.7 Å². The van der Waals surface area contributed by atoms with E-state index in [0.29, 0.717) is 17.8 Å². The molecule has 1 saturated carbocycles. The summed E-state index contributed by atoms with van der Waals surface area (Å²) in [6.45, 7) is 0. The summed E-state index contributed by atoms with van der Waals surface area (Å²) in [5, 5.41) is 5.68. The van der Waals surface area contributed by atoms with Gasteiger partial charge < -0.3 is 10.6 Å². The van der Waals surface area contributed by atoms with Crippen molar-refractivity contribution >= 4 is 11.7 Å². The number of alkyl halides is 3. The van der Waals surface area contributed by atoms with Crippen LogP contribution in [0.5, 0.6) is 0 Å². The number of anilines is 1. The van der Waals surface area contributed by atoms with Crippen LogP contribution in [-0.4, -0.2) is 35.1 Å². The first-order valence-corrected chi connectivity index (χ1v) is 9.92. The molecule has 2 saturated heterocycles. The lowest BCUT2D eigenvalue weighted by atomic mass is 9.95. The predicted octanol–water partition coefficient (Wildman–Crippen LogP) is 4.76. The van der Waals surface area contributed by atoms with E-state index >= 15 is 0 Å². The summed E-state index contributed by atoms with van der Waals surface area (Å²) >= 11 is 0. The molecule has 3 fully saturated rings. The van der Waals surface area contributed by atoms with Gasteiger partial charge in [-0.05, 0) is 62.8 Å². The number of halogens is 3. The monoisotopic (exact) mass is 381 g/mol. The molecule has 0 spiro atoms. The van der Waals surface area contributed by atoms with Crippen LogP contribution in [-0.2, 0) is 6.18 Å². The van der Waals surface area contributed by atoms with E-state index < -0.39 is 11.7 Å². The van der Waals surface area contributed by atoms with Crippen LogP contribution in [0.25, 0.3) is 0 Å². The lowest BCUT2D eigenvalue weighted by Crippen LogP contribution is -2.53. The van der Waals surface area contributed by atoms with Gasteiger partial charge in [-0.2, -0.15) is 13.2 Å². The molecule has 1 aromatic carbocycles. The number of fused-ring (bicyclic) bond motifs is 2. The van der Waals surface area contributed by atoms with Crippen molar-refractivity contribution in [3.63, 3.8) is 0 Å². The summed E-state index contributed by atoms with van der Waals surface area (Å²) in [6, 6.07) is 6.18. The van der Waals surface area contributed by atoms with Crippen LogP contribution in [0, 0.1) is 0 Å². The Morgan fingerprint density at radius 3 is 2.07 bits per heavy atom. The van der Waals surface area contributed by atoms with Crippen molar-refractivity contribution in [2.24, 2.45) is 0 Å². The number of hydrogen-bond acceptors (Lipinski definition) is 2. The lowest BCUT2D eigenvalue weighted by Gasteiger charge is -2.42. The number of rotatable bonds is 3. The zero-order valence-corrected chi connectivity index (χ0v) is 15.3. The molecule has 2 N–H and O–H groups in total. The molecule has 1 aliphatic carbocycles. The molecule has 2 unspecified atom stereocenters. The van der Waals surface area contributed by atoms with Crippen LogP contribution in [0.15, 0.2) is 24.3 Å². The van der Waals surface area contributed by atoms with Crippen LogP contribution in [0.2, 0.25) is 0 Å². The zero-order chi connectivity index (χ0) is 19.0. The van der Waals surface area contributed by atoms with E-state index in [0.717, 1.165) is 31.0 Å². The fourth-order valence-electron chi connectivity index (χ4n) is 5.22. The first-order valence-electron chi connectivity index (χ1n) is 9.92. The van der Waals surface area contributed by atoms with Gasteiger partial charge in [0.25, 0.3) is 0 Å². The molecule has 4 rings (SSSR count). The van der Waals surface area contributed by atoms with Crippen molar-refractivity contribution in [2.45, 2.75) is 81.7 Å². The summed E-state index contributed by atoms with van der Waals surface area (Å²) in [5.74, 6) is 0. The SMILES string of the molecule is O=C(Nc1ccc(C(F)(F)F)cc1)NC1CC2CCC(C1)N2C1CCCC1. The Kier molecular flexibility index (Phi) is 5.05. The second-order valence-electron chi connectivity index (χ2n) is 8.11. The van der Waals surface area contributed by atoms with Gasteiger partial charge in [0.2, 0.25) is 0 Å². The van der Waals surface area contributed by atoms with Crippen molar-refractivity contribution < 1.29 is 18.0 Å². The zero-order valence-electron chi connectivity index (χ0n) is 15.3. The highest BCUT2D eigenvalue weighted by atomic mass is 19.4. The molecular formula is C20H26F3N3O. The average Bonchev–Trinajstić information content (AvgIpc) is 3.20. The van der Waals surface area contributed by atoms with E-state index in [-0.39, 0.29) is 12.1 Å². The Labute approximate surface area is 157 Å². The molecule has 0 radical (unpaired) electrons. The molecule has 1 aromatic rings. The molecule has 3 aliphatic rings. The lowest BCUT2D eigenvalue weighted by molar-refractivity contribution is -0.137. The van der Waals surface area contributed by atoms with Gasteiger partial charge in [0, 0.05) is 29.9 Å². The van der Waals surface area contributed by atoms with Crippen LogP contribution >= 0.6 is 0 Å². The second kappa shape index (κ2) is 7.34. The Bertz CT molecular complexity index is 656. The standard InChI is InChI=1S/C20H26F3N3O/c21-20(22,23)13-5-7-14(8-6-13)24-19(27)25-15-11-17-9-10-18(12-15)26(17)16-3-1-2-4-16/h5-8,15-18H,1-4,9-12H2,(H2,24,25,27). The summed E-state index contributed by atoms with van der Waals surface area (Å²) < 4.78 is 37.8. The summed E-state index contributed by atoms with van der Waals surface area (Å²) in [7, 11) is 0. The molecule has 2 atom stereocenters. The van der Waals surface area contributed by atoms with Crippen LogP contribution in [0.3, 0.4) is 0 Å². The quantitative estimate of drug-likeness (QED) is 0.793. The third-order valence-electron chi connectivity index (χ3n) is 6.34. The Morgan fingerprint density at radius 1 is 0.926 bits per heavy atom. The van der Waals surface area contributed by atoms with E-state index in [2.05, 4.69) is 15.5 Å². The summed E-state index contributed by atoms with van der Waals surface area (Å²) in [4.78, 5) is 15.0. The smallest absolute Gasteiger partial charge is 0.335 e. The highest BCUT2D eigenvalue weighted by molar-refractivity contribution is 5.89. The number of benzene rings is 1. The number of amides is 2. The molecule has 2 aliphatic heterocycles. The second-order valence-corrected chi connectivity index (χ2v) is 8.11. The molecule has 7 heteroatoms. The fourth-order valence-corrected chi connectivity index (χ4v) is 5.22. The normalized spacial score (nSPS) is 29.1. The van der Waals surface area contributed by atoms with Gasteiger partial charge in [-0.25, -0.2) is 4.79 Å². The summed E-state index contributed by atoms with van der Waals surface area (Å²) in [6.07, 6.45) is 5.25. The molecule has 27 heavy (non-hydrogen) atoms. The third kappa shape index (κ3) is 4.08. The maximum Gasteiger partial charge on any atom is 0.416 e. The minimum absolute atomic E-state index is 0.134. The average molecular weight is 381 g/mol. The van der Waals surface area contributed by atoms with Gasteiger partial charge in [0.05, 0.1) is 5.56 Å². The van der Waals surface area contributed by atoms with Gasteiger partial charge in [-0.15, -0.1) is 0 Å². The van der Waals surface area contributed by atoms with Crippen molar-refractivity contribution in [2.75, 3.05) is 5.32 Å². The first kappa shape index (κ1) is 18.6. The highest BCUT2D eigenvalue weighted by Gasteiger charge is 2.44. The van der Waals surface area contributed by atoms with Crippen LogP contribution in [0.4, 0.5) is 23.7 Å². The highest BCUT2D eigenvalue weighted by Crippen LogP contribution is 2.41.